The van der Waals surface area contributed by atoms with Gasteiger partial charge in [0.05, 0.1) is 5.55 Å². The van der Waals surface area contributed by atoms with Crippen molar-refractivity contribution >= 4 is 29.1 Å². The second-order valence-electron chi connectivity index (χ2n) is 4.42. The molecule has 0 aromatic rings. The van der Waals surface area contributed by atoms with E-state index in [2.05, 4.69) is 10.3 Å². The van der Waals surface area contributed by atoms with Crippen molar-refractivity contribution in [1.82, 2.24) is 5.32 Å². The van der Waals surface area contributed by atoms with E-state index in [1.807, 2.05) is 13.8 Å². The summed E-state index contributed by atoms with van der Waals surface area (Å²) in [7, 11) is 0. The van der Waals surface area contributed by atoms with E-state index in [1.165, 1.54) is 11.8 Å². The second-order valence-corrected chi connectivity index (χ2v) is 5.25. The number of primary amides is 1. The lowest BCUT2D eigenvalue weighted by molar-refractivity contribution is -0.130. The van der Waals surface area contributed by atoms with Gasteiger partial charge >= 0.3 is 0 Å². The van der Waals surface area contributed by atoms with Gasteiger partial charge in [0.15, 0.2) is 0 Å². The lowest BCUT2D eigenvalue weighted by Gasteiger charge is -2.24. The molecule has 0 aromatic heterocycles. The summed E-state index contributed by atoms with van der Waals surface area (Å²) in [5.41, 5.74) is 6.12. The molecule has 0 fully saturated rings. The molecule has 5 nitrogen and oxygen atoms in total. The molecule has 90 valence electrons. The van der Waals surface area contributed by atoms with Gasteiger partial charge in [-0.2, -0.15) is 0 Å². The SMILES string of the molecule is CC(C)[C@H](NC(=O)[C@]1(C)CSC=N1)C(N)=O. The van der Waals surface area contributed by atoms with Crippen molar-refractivity contribution in [2.75, 3.05) is 5.75 Å². The zero-order chi connectivity index (χ0) is 12.3. The van der Waals surface area contributed by atoms with Crippen LogP contribution in [0.5, 0.6) is 0 Å². The first-order valence-corrected chi connectivity index (χ1v) is 6.17. The van der Waals surface area contributed by atoms with Crippen LogP contribution in [0.15, 0.2) is 4.99 Å². The number of hydrogen-bond donors (Lipinski definition) is 2. The highest BCUT2D eigenvalue weighted by molar-refractivity contribution is 8.12. The van der Waals surface area contributed by atoms with Gasteiger partial charge in [-0.25, -0.2) is 0 Å². The van der Waals surface area contributed by atoms with Gasteiger partial charge in [-0.05, 0) is 12.8 Å². The Morgan fingerprint density at radius 3 is 2.56 bits per heavy atom. The molecule has 0 bridgehead atoms. The number of carbonyl (C=O) groups is 2. The van der Waals surface area contributed by atoms with Crippen LogP contribution in [-0.2, 0) is 9.59 Å². The summed E-state index contributed by atoms with van der Waals surface area (Å²) >= 11 is 1.48. The predicted octanol–water partition coefficient (Wildman–Crippen LogP) is 0.146. The van der Waals surface area contributed by atoms with Crippen LogP contribution in [0.25, 0.3) is 0 Å². The summed E-state index contributed by atoms with van der Waals surface area (Å²) in [4.78, 5) is 27.2. The number of hydrogen-bond acceptors (Lipinski definition) is 4. The summed E-state index contributed by atoms with van der Waals surface area (Å²) in [6, 6.07) is -0.634. The average molecular weight is 243 g/mol. The van der Waals surface area contributed by atoms with Crippen molar-refractivity contribution in [3.05, 3.63) is 0 Å². The Kier molecular flexibility index (Phi) is 3.96. The first-order chi connectivity index (χ1) is 7.37. The van der Waals surface area contributed by atoms with Crippen molar-refractivity contribution < 1.29 is 9.59 Å². The minimum atomic E-state index is -0.771. The van der Waals surface area contributed by atoms with Gasteiger partial charge in [0.25, 0.3) is 0 Å². The van der Waals surface area contributed by atoms with E-state index in [-0.39, 0.29) is 11.8 Å². The van der Waals surface area contributed by atoms with Crippen molar-refractivity contribution in [1.29, 1.82) is 0 Å². The third-order valence-electron chi connectivity index (χ3n) is 2.53. The van der Waals surface area contributed by atoms with Crippen LogP contribution in [0.3, 0.4) is 0 Å². The van der Waals surface area contributed by atoms with Gasteiger partial charge in [0.2, 0.25) is 11.8 Å². The summed E-state index contributed by atoms with van der Waals surface area (Å²) in [5, 5.41) is 2.66. The molecule has 1 heterocycles. The number of aliphatic imine (C=N–C) groups is 1. The minimum absolute atomic E-state index is 0.0249. The molecule has 0 saturated carbocycles. The Hall–Kier alpha value is -1.04. The smallest absolute Gasteiger partial charge is 0.249 e. The first kappa shape index (κ1) is 13.0. The molecule has 0 unspecified atom stereocenters. The fourth-order valence-corrected chi connectivity index (χ4v) is 2.29. The molecule has 1 aliphatic rings. The molecule has 0 aromatic carbocycles. The maximum absolute atomic E-state index is 11.9. The van der Waals surface area contributed by atoms with E-state index in [0.717, 1.165) is 0 Å². The van der Waals surface area contributed by atoms with Crippen LogP contribution >= 0.6 is 11.8 Å². The summed E-state index contributed by atoms with van der Waals surface area (Å²) in [6.07, 6.45) is 0. The second kappa shape index (κ2) is 4.86. The van der Waals surface area contributed by atoms with E-state index in [1.54, 1.807) is 12.5 Å². The fourth-order valence-electron chi connectivity index (χ4n) is 1.38. The number of carbonyl (C=O) groups excluding carboxylic acids is 2. The summed E-state index contributed by atoms with van der Waals surface area (Å²) in [6.45, 7) is 5.42. The molecule has 1 rings (SSSR count). The molecule has 1 aliphatic heterocycles. The van der Waals surface area contributed by atoms with Crippen molar-refractivity contribution in [2.24, 2.45) is 16.6 Å². The van der Waals surface area contributed by atoms with Gasteiger partial charge < -0.3 is 11.1 Å². The van der Waals surface area contributed by atoms with Crippen LogP contribution in [0.4, 0.5) is 0 Å². The maximum atomic E-state index is 11.9. The van der Waals surface area contributed by atoms with Crippen LogP contribution < -0.4 is 11.1 Å². The predicted molar refractivity (Wildman–Crippen MR) is 65.3 cm³/mol. The fraction of sp³-hybridized carbons (Fsp3) is 0.700. The lowest BCUT2D eigenvalue weighted by Crippen LogP contribution is -2.54. The van der Waals surface area contributed by atoms with Crippen molar-refractivity contribution in [3.8, 4) is 0 Å². The molecule has 2 atom stereocenters. The molecular weight excluding hydrogens is 226 g/mol. The van der Waals surface area contributed by atoms with E-state index in [0.29, 0.717) is 5.75 Å². The van der Waals surface area contributed by atoms with Crippen molar-refractivity contribution in [3.63, 3.8) is 0 Å². The summed E-state index contributed by atoms with van der Waals surface area (Å²) in [5.74, 6) is -0.182. The number of nitrogens with two attached hydrogens (primary N) is 1. The molecule has 0 aliphatic carbocycles. The lowest BCUT2D eigenvalue weighted by atomic mass is 10.0. The highest BCUT2D eigenvalue weighted by atomic mass is 32.2. The molecule has 16 heavy (non-hydrogen) atoms. The van der Waals surface area contributed by atoms with E-state index in [4.69, 9.17) is 5.73 Å². The third-order valence-corrected chi connectivity index (χ3v) is 3.51. The molecule has 0 saturated heterocycles. The molecular formula is C10H17N3O2S. The quantitative estimate of drug-likeness (QED) is 0.737. The largest absolute Gasteiger partial charge is 0.368 e. The normalized spacial score (nSPS) is 25.8. The number of nitrogens with one attached hydrogen (secondary N) is 1. The van der Waals surface area contributed by atoms with Gasteiger partial charge in [0, 0.05) is 5.75 Å². The maximum Gasteiger partial charge on any atom is 0.249 e. The number of amides is 2. The van der Waals surface area contributed by atoms with Gasteiger partial charge in [-0.15, -0.1) is 11.8 Å². The number of nitrogens with zero attached hydrogens (tertiary/aromatic N) is 1. The Balaban J connectivity index is 2.69. The van der Waals surface area contributed by atoms with Crippen molar-refractivity contribution in [2.45, 2.75) is 32.4 Å². The van der Waals surface area contributed by atoms with Gasteiger partial charge in [-0.1, -0.05) is 13.8 Å². The van der Waals surface area contributed by atoms with Crippen LogP contribution in [0, 0.1) is 5.92 Å². The molecule has 0 radical (unpaired) electrons. The molecule has 0 spiro atoms. The standard InChI is InChI=1S/C10H17N3O2S/c1-6(2)7(8(11)14)13-9(15)10(3)4-16-5-12-10/h5-7H,4H2,1-3H3,(H2,11,14)(H,13,15)/t7-,10-/m0/s1. The number of thioether (sulfide) groups is 1. The summed E-state index contributed by atoms with van der Waals surface area (Å²) < 4.78 is 0. The Labute approximate surface area is 99.2 Å². The Morgan fingerprint density at radius 1 is 1.56 bits per heavy atom. The molecule has 3 N–H and O–H groups in total. The van der Waals surface area contributed by atoms with Gasteiger partial charge in [-0.3, -0.25) is 14.6 Å². The zero-order valence-electron chi connectivity index (χ0n) is 9.69. The highest BCUT2D eigenvalue weighted by Gasteiger charge is 2.37. The first-order valence-electron chi connectivity index (χ1n) is 5.12. The highest BCUT2D eigenvalue weighted by Crippen LogP contribution is 2.23. The topological polar surface area (TPSA) is 84.6 Å². The zero-order valence-corrected chi connectivity index (χ0v) is 10.5. The van der Waals surface area contributed by atoms with E-state index in [9.17, 15) is 9.59 Å². The van der Waals surface area contributed by atoms with Crippen LogP contribution in [0.2, 0.25) is 0 Å². The Morgan fingerprint density at radius 2 is 2.19 bits per heavy atom. The van der Waals surface area contributed by atoms with E-state index < -0.39 is 17.5 Å². The molecule has 6 heteroatoms. The Bertz CT molecular complexity index is 330. The number of rotatable bonds is 4. The average Bonchev–Trinajstić information content (AvgIpc) is 2.61. The third kappa shape index (κ3) is 2.75. The van der Waals surface area contributed by atoms with Crippen LogP contribution in [0.1, 0.15) is 20.8 Å². The van der Waals surface area contributed by atoms with Crippen LogP contribution in [-0.4, -0.2) is 34.7 Å². The minimum Gasteiger partial charge on any atom is -0.368 e. The monoisotopic (exact) mass is 243 g/mol. The van der Waals surface area contributed by atoms with E-state index >= 15 is 0 Å². The molecule has 2 amide bonds. The van der Waals surface area contributed by atoms with Gasteiger partial charge in [0.1, 0.15) is 11.6 Å².